The van der Waals surface area contributed by atoms with E-state index in [1.54, 1.807) is 26.0 Å². The van der Waals surface area contributed by atoms with Crippen LogP contribution < -0.4 is 10.6 Å². The summed E-state index contributed by atoms with van der Waals surface area (Å²) in [5.74, 6) is 0.744. The Balaban J connectivity index is 0.00000300. The van der Waals surface area contributed by atoms with E-state index in [1.807, 2.05) is 24.3 Å². The molecule has 0 spiro atoms. The minimum Gasteiger partial charge on any atom is -0.352 e. The molecule has 1 amide bonds. The molecule has 5 nitrogen and oxygen atoms in total. The fourth-order valence-corrected chi connectivity index (χ4v) is 3.06. The van der Waals surface area contributed by atoms with Crippen LogP contribution in [0.4, 0.5) is 0 Å². The summed E-state index contributed by atoms with van der Waals surface area (Å²) in [7, 11) is 5.27. The van der Waals surface area contributed by atoms with Crippen molar-refractivity contribution in [1.29, 1.82) is 0 Å². The molecule has 0 unspecified atom stereocenters. The minimum atomic E-state index is 0. The van der Waals surface area contributed by atoms with Crippen LogP contribution >= 0.6 is 24.0 Å². The maximum absolute atomic E-state index is 12.0. The number of aliphatic imine (C=N–C) groups is 1. The van der Waals surface area contributed by atoms with Crippen LogP contribution in [0, 0.1) is 0 Å². The van der Waals surface area contributed by atoms with Crippen molar-refractivity contribution in [3.8, 4) is 0 Å². The Labute approximate surface area is 189 Å². The molecule has 6 heteroatoms. The first kappa shape index (κ1) is 22.7. The van der Waals surface area contributed by atoms with E-state index in [4.69, 9.17) is 0 Å². The molecule has 0 aromatic heterocycles. The number of benzene rings is 3. The van der Waals surface area contributed by atoms with Crippen LogP contribution in [0.2, 0.25) is 0 Å². The Kier molecular flexibility index (Phi) is 8.45. The third-order valence-corrected chi connectivity index (χ3v) is 4.62. The van der Waals surface area contributed by atoms with E-state index < -0.39 is 0 Å². The molecule has 0 saturated carbocycles. The van der Waals surface area contributed by atoms with Crippen LogP contribution in [0.5, 0.6) is 0 Å². The van der Waals surface area contributed by atoms with Crippen LogP contribution in [0.15, 0.2) is 71.7 Å². The molecule has 0 heterocycles. The highest BCUT2D eigenvalue weighted by atomic mass is 127. The van der Waals surface area contributed by atoms with Crippen LogP contribution in [0.3, 0.4) is 0 Å². The average molecular weight is 502 g/mol. The van der Waals surface area contributed by atoms with Gasteiger partial charge in [-0.15, -0.1) is 24.0 Å². The number of amides is 1. The van der Waals surface area contributed by atoms with Crippen LogP contribution in [-0.4, -0.2) is 37.9 Å². The number of carbonyl (C=O) groups excluding carboxylic acids is 1. The van der Waals surface area contributed by atoms with Crippen molar-refractivity contribution in [3.63, 3.8) is 0 Å². The largest absolute Gasteiger partial charge is 0.352 e. The van der Waals surface area contributed by atoms with E-state index in [2.05, 4.69) is 58.1 Å². The Bertz CT molecular complexity index is 978. The number of guanidine groups is 1. The summed E-state index contributed by atoms with van der Waals surface area (Å²) in [5, 5.41) is 9.17. The van der Waals surface area contributed by atoms with Crippen molar-refractivity contribution in [2.45, 2.75) is 13.1 Å². The number of fused-ring (bicyclic) bond motifs is 1. The molecule has 0 radical (unpaired) electrons. The Morgan fingerprint density at radius 3 is 2.24 bits per heavy atom. The maximum Gasteiger partial charge on any atom is 0.253 e. The lowest BCUT2D eigenvalue weighted by Crippen LogP contribution is -2.36. The molecule has 2 N–H and O–H groups in total. The van der Waals surface area contributed by atoms with Gasteiger partial charge in [-0.25, -0.2) is 0 Å². The van der Waals surface area contributed by atoms with E-state index in [1.165, 1.54) is 16.3 Å². The van der Waals surface area contributed by atoms with Gasteiger partial charge in [-0.1, -0.05) is 54.6 Å². The number of carbonyl (C=O) groups is 1. The molecule has 3 aromatic rings. The van der Waals surface area contributed by atoms with Crippen molar-refractivity contribution in [2.75, 3.05) is 21.1 Å². The molecule has 29 heavy (non-hydrogen) atoms. The molecule has 152 valence electrons. The quantitative estimate of drug-likeness (QED) is 0.315. The average Bonchev–Trinajstić information content (AvgIpc) is 2.73. The van der Waals surface area contributed by atoms with Gasteiger partial charge >= 0.3 is 0 Å². The zero-order chi connectivity index (χ0) is 19.9. The van der Waals surface area contributed by atoms with Gasteiger partial charge in [0, 0.05) is 39.8 Å². The van der Waals surface area contributed by atoms with E-state index in [-0.39, 0.29) is 29.9 Å². The molecule has 3 rings (SSSR count). The van der Waals surface area contributed by atoms with E-state index >= 15 is 0 Å². The summed E-state index contributed by atoms with van der Waals surface area (Å²) in [4.78, 5) is 17.8. The first-order valence-electron chi connectivity index (χ1n) is 9.30. The SMILES string of the molecule is CN=C(NCc1ccc(C(=O)N(C)C)cc1)NCc1cccc2ccccc12.I. The molecule has 0 saturated heterocycles. The second-order valence-corrected chi connectivity index (χ2v) is 6.81. The molecule has 0 aliphatic rings. The highest BCUT2D eigenvalue weighted by Crippen LogP contribution is 2.18. The Hall–Kier alpha value is -2.61. The van der Waals surface area contributed by atoms with Gasteiger partial charge in [0.1, 0.15) is 0 Å². The molecule has 0 bridgehead atoms. The standard InChI is InChI=1S/C23H26N4O.HI/c1-24-23(25-15-17-11-13-19(14-12-17)22(28)27(2)3)26-16-20-9-6-8-18-7-4-5-10-21(18)20;/h4-14H,15-16H2,1-3H3,(H2,24,25,26);1H. The number of rotatable bonds is 5. The summed E-state index contributed by atoms with van der Waals surface area (Å²) in [6.07, 6.45) is 0. The molecular weight excluding hydrogens is 475 g/mol. The van der Waals surface area contributed by atoms with Gasteiger partial charge in [0.2, 0.25) is 0 Å². The van der Waals surface area contributed by atoms with Gasteiger partial charge < -0.3 is 15.5 Å². The predicted molar refractivity (Wildman–Crippen MR) is 131 cm³/mol. The van der Waals surface area contributed by atoms with E-state index in [0.717, 1.165) is 11.5 Å². The lowest BCUT2D eigenvalue weighted by atomic mass is 10.0. The van der Waals surface area contributed by atoms with Gasteiger partial charge in [0.15, 0.2) is 5.96 Å². The number of halogens is 1. The topological polar surface area (TPSA) is 56.7 Å². The maximum atomic E-state index is 12.0. The van der Waals surface area contributed by atoms with Gasteiger partial charge in [-0.05, 0) is 34.0 Å². The lowest BCUT2D eigenvalue weighted by molar-refractivity contribution is 0.0827. The molecule has 0 aliphatic carbocycles. The van der Waals surface area contributed by atoms with E-state index in [0.29, 0.717) is 18.7 Å². The van der Waals surface area contributed by atoms with Gasteiger partial charge in [-0.3, -0.25) is 9.79 Å². The second-order valence-electron chi connectivity index (χ2n) is 6.81. The Morgan fingerprint density at radius 2 is 1.55 bits per heavy atom. The van der Waals surface area contributed by atoms with Crippen molar-refractivity contribution in [1.82, 2.24) is 15.5 Å². The minimum absolute atomic E-state index is 0. The van der Waals surface area contributed by atoms with Crippen molar-refractivity contribution >= 4 is 46.6 Å². The molecule has 0 atom stereocenters. The Morgan fingerprint density at radius 1 is 0.897 bits per heavy atom. The van der Waals surface area contributed by atoms with Crippen LogP contribution in [0.1, 0.15) is 21.5 Å². The van der Waals surface area contributed by atoms with Crippen molar-refractivity contribution in [3.05, 3.63) is 83.4 Å². The first-order valence-corrected chi connectivity index (χ1v) is 9.30. The number of hydrogen-bond donors (Lipinski definition) is 2. The normalized spacial score (nSPS) is 10.9. The summed E-state index contributed by atoms with van der Waals surface area (Å²) < 4.78 is 0. The number of hydrogen-bond acceptors (Lipinski definition) is 2. The molecule has 3 aromatic carbocycles. The second kappa shape index (κ2) is 10.8. The van der Waals surface area contributed by atoms with Crippen LogP contribution in [-0.2, 0) is 13.1 Å². The monoisotopic (exact) mass is 502 g/mol. The summed E-state index contributed by atoms with van der Waals surface area (Å²) in [5.41, 5.74) is 3.00. The number of nitrogens with one attached hydrogen (secondary N) is 2. The highest BCUT2D eigenvalue weighted by Gasteiger charge is 2.07. The number of nitrogens with zero attached hydrogens (tertiary/aromatic N) is 2. The smallest absolute Gasteiger partial charge is 0.253 e. The van der Waals surface area contributed by atoms with Crippen molar-refractivity contribution in [2.24, 2.45) is 4.99 Å². The van der Waals surface area contributed by atoms with Gasteiger partial charge in [0.25, 0.3) is 5.91 Å². The summed E-state index contributed by atoms with van der Waals surface area (Å²) in [6, 6.07) is 22.3. The van der Waals surface area contributed by atoms with Gasteiger partial charge in [0.05, 0.1) is 0 Å². The van der Waals surface area contributed by atoms with Crippen LogP contribution in [0.25, 0.3) is 10.8 Å². The fraction of sp³-hybridized carbons (Fsp3) is 0.217. The molecule has 0 fully saturated rings. The third kappa shape index (κ3) is 5.93. The lowest BCUT2D eigenvalue weighted by Gasteiger charge is -2.14. The first-order chi connectivity index (χ1) is 13.6. The zero-order valence-corrected chi connectivity index (χ0v) is 19.3. The van der Waals surface area contributed by atoms with Crippen molar-refractivity contribution < 1.29 is 4.79 Å². The van der Waals surface area contributed by atoms with E-state index in [9.17, 15) is 4.79 Å². The third-order valence-electron chi connectivity index (χ3n) is 4.62. The predicted octanol–water partition coefficient (Wildman–Crippen LogP) is 4.02. The molecule has 0 aliphatic heterocycles. The van der Waals surface area contributed by atoms with Gasteiger partial charge in [-0.2, -0.15) is 0 Å². The summed E-state index contributed by atoms with van der Waals surface area (Å²) >= 11 is 0. The fourth-order valence-electron chi connectivity index (χ4n) is 3.06. The molecular formula is C23H27IN4O. The summed E-state index contributed by atoms with van der Waals surface area (Å²) in [6.45, 7) is 1.32. The highest BCUT2D eigenvalue weighted by molar-refractivity contribution is 14.0. The zero-order valence-electron chi connectivity index (χ0n) is 17.0.